The number of pyridine rings is 1. The van der Waals surface area contributed by atoms with E-state index in [0.717, 1.165) is 22.2 Å². The molecule has 3 aromatic heterocycles. The second kappa shape index (κ2) is 7.49. The number of aromatic nitrogens is 4. The number of hydrazine groups is 1. The maximum absolute atomic E-state index is 6.08. The molecule has 3 heterocycles. The smallest absolute Gasteiger partial charge is 0.230 e. The number of anilines is 4. The molecule has 9 heteroatoms. The summed E-state index contributed by atoms with van der Waals surface area (Å²) in [6.07, 6.45) is 3.33. The van der Waals surface area contributed by atoms with Crippen LogP contribution in [0.4, 0.5) is 23.3 Å². The molecule has 0 aliphatic carbocycles. The van der Waals surface area contributed by atoms with Crippen LogP contribution in [-0.2, 0) is 6.54 Å². The minimum Gasteiger partial charge on any atom is -0.381 e. The van der Waals surface area contributed by atoms with E-state index >= 15 is 0 Å². The topological polar surface area (TPSA) is 118 Å². The van der Waals surface area contributed by atoms with Crippen molar-refractivity contribution in [3.63, 3.8) is 0 Å². The van der Waals surface area contributed by atoms with E-state index in [1.54, 1.807) is 18.5 Å². The summed E-state index contributed by atoms with van der Waals surface area (Å²) in [5.41, 5.74) is 12.0. The Labute approximate surface area is 161 Å². The molecule has 0 saturated heterocycles. The Kier molecular flexibility index (Phi) is 4.73. The minimum atomic E-state index is 0.316. The van der Waals surface area contributed by atoms with E-state index in [4.69, 9.17) is 10.3 Å². The summed E-state index contributed by atoms with van der Waals surface area (Å²) < 4.78 is 5.17. The van der Waals surface area contributed by atoms with Gasteiger partial charge in [-0.05, 0) is 30.7 Å². The van der Waals surface area contributed by atoms with Gasteiger partial charge in [0.25, 0.3) is 0 Å². The highest BCUT2D eigenvalue weighted by molar-refractivity contribution is 5.79. The zero-order chi connectivity index (χ0) is 19.5. The Morgan fingerprint density at radius 3 is 2.86 bits per heavy atom. The molecule has 0 fully saturated rings. The minimum absolute atomic E-state index is 0.316. The number of nitrogens with two attached hydrogens (primary N) is 1. The van der Waals surface area contributed by atoms with Crippen LogP contribution >= 0.6 is 0 Å². The van der Waals surface area contributed by atoms with Crippen LogP contribution in [0.1, 0.15) is 11.3 Å². The van der Waals surface area contributed by atoms with E-state index in [0.29, 0.717) is 29.9 Å². The van der Waals surface area contributed by atoms with Crippen LogP contribution in [0.2, 0.25) is 0 Å². The molecule has 0 atom stereocenters. The highest BCUT2D eigenvalue weighted by atomic mass is 16.5. The highest BCUT2D eigenvalue weighted by Gasteiger charge is 2.14. The molecular formula is C19H20N8O. The SMILES string of the molecule is CNN(Cc1ccc2ncccc2c1)c1nc(Nc2cc(C)no2)cnc1N. The predicted molar refractivity (Wildman–Crippen MR) is 108 cm³/mol. The van der Waals surface area contributed by atoms with Gasteiger partial charge in [-0.15, -0.1) is 0 Å². The lowest BCUT2D eigenvalue weighted by molar-refractivity contribution is 0.429. The molecule has 4 N–H and O–H groups in total. The summed E-state index contributed by atoms with van der Waals surface area (Å²) in [6, 6.07) is 11.9. The Bertz CT molecular complexity index is 1110. The lowest BCUT2D eigenvalue weighted by Crippen LogP contribution is -2.36. The van der Waals surface area contributed by atoms with E-state index in [2.05, 4.69) is 36.9 Å². The van der Waals surface area contributed by atoms with Gasteiger partial charge in [0.2, 0.25) is 5.88 Å². The van der Waals surface area contributed by atoms with E-state index in [1.165, 1.54) is 0 Å². The van der Waals surface area contributed by atoms with Crippen LogP contribution in [0.5, 0.6) is 0 Å². The summed E-state index contributed by atoms with van der Waals surface area (Å²) in [5, 5.41) is 9.79. The van der Waals surface area contributed by atoms with Crippen molar-refractivity contribution in [2.24, 2.45) is 0 Å². The molecule has 142 valence electrons. The molecule has 0 amide bonds. The molecule has 0 unspecified atom stereocenters. The van der Waals surface area contributed by atoms with Crippen molar-refractivity contribution in [3.05, 3.63) is 60.0 Å². The van der Waals surface area contributed by atoms with Gasteiger partial charge in [0, 0.05) is 24.7 Å². The Morgan fingerprint density at radius 1 is 1.18 bits per heavy atom. The van der Waals surface area contributed by atoms with Crippen LogP contribution in [0, 0.1) is 6.92 Å². The Hall–Kier alpha value is -3.72. The molecule has 4 aromatic rings. The second-order valence-corrected chi connectivity index (χ2v) is 6.26. The van der Waals surface area contributed by atoms with Crippen molar-refractivity contribution in [3.8, 4) is 0 Å². The molecule has 0 saturated carbocycles. The van der Waals surface area contributed by atoms with Gasteiger partial charge in [-0.3, -0.25) is 9.99 Å². The number of aryl methyl sites for hydroxylation is 1. The standard InChI is InChI=1S/C19H20N8O/c1-12-8-17(28-26-12)24-16-10-23-18(20)19(25-16)27(21-2)11-13-5-6-15-14(9-13)4-3-7-22-15/h3-10,21H,11H2,1-2H3,(H2,20,23)(H,24,25). The van der Waals surface area contributed by atoms with Crippen molar-refractivity contribution < 1.29 is 4.52 Å². The lowest BCUT2D eigenvalue weighted by atomic mass is 10.1. The first-order valence-corrected chi connectivity index (χ1v) is 8.74. The van der Waals surface area contributed by atoms with Crippen LogP contribution in [0.15, 0.2) is 53.3 Å². The Balaban J connectivity index is 1.60. The van der Waals surface area contributed by atoms with Crippen molar-refractivity contribution in [1.29, 1.82) is 0 Å². The van der Waals surface area contributed by atoms with Gasteiger partial charge in [-0.1, -0.05) is 17.3 Å². The largest absolute Gasteiger partial charge is 0.381 e. The molecule has 9 nitrogen and oxygen atoms in total. The van der Waals surface area contributed by atoms with Gasteiger partial charge in [-0.25, -0.2) is 15.4 Å². The zero-order valence-electron chi connectivity index (χ0n) is 15.5. The molecule has 1 aromatic carbocycles. The molecule has 0 radical (unpaired) electrons. The van der Waals surface area contributed by atoms with Crippen LogP contribution in [-0.4, -0.2) is 27.2 Å². The maximum Gasteiger partial charge on any atom is 0.230 e. The summed E-state index contributed by atoms with van der Waals surface area (Å²) in [7, 11) is 1.81. The van der Waals surface area contributed by atoms with Gasteiger partial charge in [-0.2, -0.15) is 0 Å². The van der Waals surface area contributed by atoms with Gasteiger partial charge in [0.1, 0.15) is 0 Å². The number of nitrogens with zero attached hydrogens (tertiary/aromatic N) is 5. The summed E-state index contributed by atoms with van der Waals surface area (Å²) in [4.78, 5) is 13.2. The maximum atomic E-state index is 6.08. The van der Waals surface area contributed by atoms with Gasteiger partial charge in [0.05, 0.1) is 24.0 Å². The molecule has 0 aliphatic rings. The van der Waals surface area contributed by atoms with Crippen molar-refractivity contribution in [2.45, 2.75) is 13.5 Å². The molecule has 0 aliphatic heterocycles. The number of nitrogen functional groups attached to an aromatic ring is 1. The molecule has 0 spiro atoms. The monoisotopic (exact) mass is 376 g/mol. The van der Waals surface area contributed by atoms with E-state index < -0.39 is 0 Å². The number of hydrogen-bond acceptors (Lipinski definition) is 9. The van der Waals surface area contributed by atoms with Crippen LogP contribution < -0.4 is 21.5 Å². The summed E-state index contributed by atoms with van der Waals surface area (Å²) >= 11 is 0. The third-order valence-corrected chi connectivity index (χ3v) is 4.19. The average molecular weight is 376 g/mol. The third-order valence-electron chi connectivity index (χ3n) is 4.19. The third kappa shape index (κ3) is 3.69. The van der Waals surface area contributed by atoms with Gasteiger partial charge in [0.15, 0.2) is 17.5 Å². The molecule has 4 rings (SSSR count). The first kappa shape index (κ1) is 17.7. The number of nitrogens with one attached hydrogen (secondary N) is 2. The normalized spacial score (nSPS) is 10.9. The fourth-order valence-electron chi connectivity index (χ4n) is 2.86. The van der Waals surface area contributed by atoms with Gasteiger partial charge < -0.3 is 15.6 Å². The number of hydrogen-bond donors (Lipinski definition) is 3. The molecule has 28 heavy (non-hydrogen) atoms. The molecule has 0 bridgehead atoms. The van der Waals surface area contributed by atoms with Crippen molar-refractivity contribution in [2.75, 3.05) is 23.1 Å². The summed E-state index contributed by atoms with van der Waals surface area (Å²) in [5.74, 6) is 1.81. The summed E-state index contributed by atoms with van der Waals surface area (Å²) in [6.45, 7) is 2.39. The fourth-order valence-corrected chi connectivity index (χ4v) is 2.86. The van der Waals surface area contributed by atoms with Crippen molar-refractivity contribution in [1.82, 2.24) is 25.5 Å². The van der Waals surface area contributed by atoms with E-state index in [1.807, 2.05) is 43.2 Å². The van der Waals surface area contributed by atoms with Crippen molar-refractivity contribution >= 4 is 34.2 Å². The quantitative estimate of drug-likeness (QED) is 0.436. The van der Waals surface area contributed by atoms with Gasteiger partial charge >= 0.3 is 0 Å². The second-order valence-electron chi connectivity index (χ2n) is 6.26. The lowest BCUT2D eigenvalue weighted by Gasteiger charge is -2.23. The van der Waals surface area contributed by atoms with E-state index in [-0.39, 0.29) is 0 Å². The van der Waals surface area contributed by atoms with Crippen LogP contribution in [0.25, 0.3) is 10.9 Å². The number of benzene rings is 1. The zero-order valence-corrected chi connectivity index (χ0v) is 15.5. The highest BCUT2D eigenvalue weighted by Crippen LogP contribution is 2.24. The fraction of sp³-hybridized carbons (Fsp3) is 0.158. The van der Waals surface area contributed by atoms with Crippen LogP contribution in [0.3, 0.4) is 0 Å². The number of fused-ring (bicyclic) bond motifs is 1. The van der Waals surface area contributed by atoms with E-state index in [9.17, 15) is 0 Å². The molecular weight excluding hydrogens is 356 g/mol. The average Bonchev–Trinajstić information content (AvgIpc) is 3.12. The Morgan fingerprint density at radius 2 is 2.07 bits per heavy atom. The first-order valence-electron chi connectivity index (χ1n) is 8.74. The predicted octanol–water partition coefficient (Wildman–Crippen LogP) is 2.79. The number of rotatable bonds is 6. The first-order chi connectivity index (χ1) is 13.6.